The Hall–Kier alpha value is -1.23. The van der Waals surface area contributed by atoms with Gasteiger partial charge in [-0.15, -0.1) is 0 Å². The zero-order chi connectivity index (χ0) is 14.2. The van der Waals surface area contributed by atoms with Gasteiger partial charge in [-0.3, -0.25) is 0 Å². The van der Waals surface area contributed by atoms with Gasteiger partial charge in [-0.1, -0.05) is 26.1 Å². The van der Waals surface area contributed by atoms with Gasteiger partial charge < -0.3 is 10.6 Å². The Labute approximate surface area is 117 Å². The molecule has 104 valence electrons. The lowest BCUT2D eigenvalue weighted by Gasteiger charge is -2.37. The molecule has 19 heavy (non-hydrogen) atoms. The van der Waals surface area contributed by atoms with Gasteiger partial charge >= 0.3 is 0 Å². The minimum Gasteiger partial charge on any atom is -0.389 e. The molecule has 2 nitrogen and oxygen atoms in total. The van der Waals surface area contributed by atoms with Crippen molar-refractivity contribution in [2.75, 3.05) is 18.0 Å². The van der Waals surface area contributed by atoms with Crippen LogP contribution in [-0.2, 0) is 0 Å². The Morgan fingerprint density at radius 2 is 1.95 bits per heavy atom. The average molecular weight is 284 g/mol. The fourth-order valence-electron chi connectivity index (χ4n) is 2.46. The highest BCUT2D eigenvalue weighted by atomic mass is 32.1. The number of anilines is 1. The van der Waals surface area contributed by atoms with Crippen LogP contribution in [0, 0.1) is 23.5 Å². The SMILES string of the molecule is CC1CCN(c2ccc(C(N)=S)c(F)c2F)CC1C. The molecule has 5 heteroatoms. The lowest BCUT2D eigenvalue weighted by Crippen LogP contribution is -2.39. The molecule has 2 unspecified atom stereocenters. The van der Waals surface area contributed by atoms with Crippen LogP contribution in [0.25, 0.3) is 0 Å². The smallest absolute Gasteiger partial charge is 0.182 e. The van der Waals surface area contributed by atoms with E-state index in [0.717, 1.165) is 19.5 Å². The summed E-state index contributed by atoms with van der Waals surface area (Å²) >= 11 is 4.70. The van der Waals surface area contributed by atoms with Crippen molar-refractivity contribution in [3.63, 3.8) is 0 Å². The Kier molecular flexibility index (Phi) is 4.04. The van der Waals surface area contributed by atoms with Gasteiger partial charge in [-0.25, -0.2) is 8.78 Å². The van der Waals surface area contributed by atoms with Gasteiger partial charge in [0.2, 0.25) is 0 Å². The quantitative estimate of drug-likeness (QED) is 0.846. The molecule has 2 atom stereocenters. The van der Waals surface area contributed by atoms with E-state index < -0.39 is 11.6 Å². The first-order valence-corrected chi connectivity index (χ1v) is 6.85. The minimum atomic E-state index is -0.948. The van der Waals surface area contributed by atoms with E-state index in [0.29, 0.717) is 17.5 Å². The first-order chi connectivity index (χ1) is 8.91. The molecule has 1 aliphatic heterocycles. The van der Waals surface area contributed by atoms with E-state index >= 15 is 0 Å². The van der Waals surface area contributed by atoms with E-state index in [1.807, 2.05) is 4.90 Å². The molecule has 2 rings (SSSR count). The summed E-state index contributed by atoms with van der Waals surface area (Å²) in [4.78, 5) is 1.77. The number of hydrogen-bond donors (Lipinski definition) is 1. The van der Waals surface area contributed by atoms with E-state index in [4.69, 9.17) is 18.0 Å². The first-order valence-electron chi connectivity index (χ1n) is 6.44. The molecule has 1 aromatic rings. The van der Waals surface area contributed by atoms with Crippen molar-refractivity contribution in [3.05, 3.63) is 29.3 Å². The topological polar surface area (TPSA) is 29.3 Å². The molecule has 1 fully saturated rings. The number of hydrogen-bond acceptors (Lipinski definition) is 2. The maximum absolute atomic E-state index is 14.1. The molecular formula is C14H18F2N2S. The van der Waals surface area contributed by atoms with Gasteiger partial charge in [0.15, 0.2) is 11.6 Å². The Balaban J connectivity index is 2.31. The van der Waals surface area contributed by atoms with Crippen molar-refractivity contribution in [3.8, 4) is 0 Å². The number of halogens is 2. The highest BCUT2D eigenvalue weighted by Crippen LogP contribution is 2.30. The van der Waals surface area contributed by atoms with Gasteiger partial charge in [0, 0.05) is 18.7 Å². The molecule has 0 aliphatic carbocycles. The summed E-state index contributed by atoms with van der Waals surface area (Å²) in [5.41, 5.74) is 5.63. The predicted molar refractivity (Wildman–Crippen MR) is 77.4 cm³/mol. The Morgan fingerprint density at radius 1 is 1.26 bits per heavy atom. The highest BCUT2D eigenvalue weighted by molar-refractivity contribution is 7.80. The largest absolute Gasteiger partial charge is 0.389 e. The summed E-state index contributed by atoms with van der Waals surface area (Å²) in [5, 5.41) is 0. The molecule has 2 N–H and O–H groups in total. The molecule has 1 aromatic carbocycles. The van der Waals surface area contributed by atoms with Gasteiger partial charge in [0.05, 0.1) is 5.69 Å². The Morgan fingerprint density at radius 3 is 2.53 bits per heavy atom. The van der Waals surface area contributed by atoms with Crippen LogP contribution in [-0.4, -0.2) is 18.1 Å². The highest BCUT2D eigenvalue weighted by Gasteiger charge is 2.26. The third kappa shape index (κ3) is 2.71. The van der Waals surface area contributed by atoms with Crippen LogP contribution >= 0.6 is 12.2 Å². The van der Waals surface area contributed by atoms with Crippen molar-refractivity contribution in [2.45, 2.75) is 20.3 Å². The molecule has 0 aromatic heterocycles. The van der Waals surface area contributed by atoms with Crippen LogP contribution < -0.4 is 10.6 Å². The first kappa shape index (κ1) is 14.2. The lowest BCUT2D eigenvalue weighted by atomic mass is 9.88. The van der Waals surface area contributed by atoms with Crippen molar-refractivity contribution < 1.29 is 8.78 Å². The van der Waals surface area contributed by atoms with Gasteiger partial charge in [0.1, 0.15) is 4.99 Å². The summed E-state index contributed by atoms with van der Waals surface area (Å²) in [6.07, 6.45) is 0.985. The minimum absolute atomic E-state index is 0.0327. The summed E-state index contributed by atoms with van der Waals surface area (Å²) in [6.45, 7) is 5.81. The van der Waals surface area contributed by atoms with Crippen LogP contribution in [0.5, 0.6) is 0 Å². The van der Waals surface area contributed by atoms with Gasteiger partial charge in [-0.2, -0.15) is 0 Å². The maximum atomic E-state index is 14.1. The van der Waals surface area contributed by atoms with E-state index in [1.165, 1.54) is 6.07 Å². The van der Waals surface area contributed by atoms with Crippen LogP contribution in [0.2, 0.25) is 0 Å². The standard InChI is InChI=1S/C14H18F2N2S/c1-8-5-6-18(7-9(8)2)11-4-3-10(14(17)19)12(15)13(11)16/h3-4,8-9H,5-7H2,1-2H3,(H2,17,19). The number of nitrogens with zero attached hydrogens (tertiary/aromatic N) is 1. The number of piperidine rings is 1. The molecular weight excluding hydrogens is 266 g/mol. The van der Waals surface area contributed by atoms with Crippen LogP contribution in [0.4, 0.5) is 14.5 Å². The second-order valence-corrected chi connectivity index (χ2v) is 5.75. The lowest BCUT2D eigenvalue weighted by molar-refractivity contribution is 0.321. The third-order valence-corrected chi connectivity index (χ3v) is 4.22. The number of rotatable bonds is 2. The van der Waals surface area contributed by atoms with Crippen molar-refractivity contribution in [1.82, 2.24) is 0 Å². The van der Waals surface area contributed by atoms with Crippen LogP contribution in [0.1, 0.15) is 25.8 Å². The zero-order valence-corrected chi connectivity index (χ0v) is 11.9. The van der Waals surface area contributed by atoms with Crippen molar-refractivity contribution in [2.24, 2.45) is 17.6 Å². The fraction of sp³-hybridized carbons (Fsp3) is 0.500. The molecule has 0 radical (unpaired) electrons. The third-order valence-electron chi connectivity index (χ3n) is 4.00. The summed E-state index contributed by atoms with van der Waals surface area (Å²) in [5.74, 6) is -0.727. The molecule has 1 aliphatic rings. The summed E-state index contributed by atoms with van der Waals surface area (Å²) in [6, 6.07) is 3.02. The van der Waals surface area contributed by atoms with E-state index in [9.17, 15) is 8.78 Å². The normalized spacial score (nSPS) is 23.5. The van der Waals surface area contributed by atoms with E-state index in [1.54, 1.807) is 6.07 Å². The average Bonchev–Trinajstić information content (AvgIpc) is 2.36. The fourth-order valence-corrected chi connectivity index (χ4v) is 2.61. The predicted octanol–water partition coefficient (Wildman–Crippen LogP) is 3.08. The van der Waals surface area contributed by atoms with Crippen molar-refractivity contribution in [1.29, 1.82) is 0 Å². The van der Waals surface area contributed by atoms with Gasteiger partial charge in [-0.05, 0) is 30.4 Å². The van der Waals surface area contributed by atoms with E-state index in [2.05, 4.69) is 13.8 Å². The molecule has 0 saturated carbocycles. The molecule has 1 heterocycles. The van der Waals surface area contributed by atoms with E-state index in [-0.39, 0.29) is 10.6 Å². The van der Waals surface area contributed by atoms with Crippen LogP contribution in [0.3, 0.4) is 0 Å². The second kappa shape index (κ2) is 5.41. The number of benzene rings is 1. The maximum Gasteiger partial charge on any atom is 0.182 e. The summed E-state index contributed by atoms with van der Waals surface area (Å²) < 4.78 is 28.0. The van der Waals surface area contributed by atoms with Crippen molar-refractivity contribution >= 4 is 22.9 Å². The molecule has 1 saturated heterocycles. The molecule has 0 amide bonds. The number of thiocarbonyl (C=S) groups is 1. The second-order valence-electron chi connectivity index (χ2n) is 5.31. The van der Waals surface area contributed by atoms with Crippen LogP contribution in [0.15, 0.2) is 12.1 Å². The Bertz CT molecular complexity index is 504. The zero-order valence-electron chi connectivity index (χ0n) is 11.1. The monoisotopic (exact) mass is 284 g/mol. The summed E-state index contributed by atoms with van der Waals surface area (Å²) in [7, 11) is 0. The molecule has 0 spiro atoms. The number of nitrogens with two attached hydrogens (primary N) is 1. The molecule has 0 bridgehead atoms. The van der Waals surface area contributed by atoms with Gasteiger partial charge in [0.25, 0.3) is 0 Å².